The minimum absolute atomic E-state index is 0.485. The molecule has 0 spiro atoms. The molecule has 1 aromatic rings. The fraction of sp³-hybridized carbons (Fsp3) is 0.562. The molecule has 1 aliphatic rings. The number of carbonyl (C=O) groups is 1. The lowest BCUT2D eigenvalue weighted by Crippen LogP contribution is -2.28. The maximum Gasteiger partial charge on any atom is 0.412 e. The third kappa shape index (κ3) is 4.55. The average Bonchev–Trinajstić information content (AvgIpc) is 2.31. The number of hydrogen-bond acceptors (Lipinski definition) is 4. The van der Waals surface area contributed by atoms with Gasteiger partial charge in [-0.3, -0.25) is 5.32 Å². The molecule has 116 valence electrons. The van der Waals surface area contributed by atoms with E-state index < -0.39 is 11.7 Å². The zero-order valence-electron chi connectivity index (χ0n) is 13.2. The van der Waals surface area contributed by atoms with Crippen LogP contribution in [0, 0.1) is 0 Å². The highest BCUT2D eigenvalue weighted by molar-refractivity contribution is 5.88. The van der Waals surface area contributed by atoms with E-state index in [4.69, 9.17) is 9.47 Å². The maximum atomic E-state index is 11.9. The van der Waals surface area contributed by atoms with Crippen molar-refractivity contribution >= 4 is 17.5 Å². The van der Waals surface area contributed by atoms with Crippen molar-refractivity contribution in [2.45, 2.75) is 51.7 Å². The highest BCUT2D eigenvalue weighted by atomic mass is 16.6. The Kier molecular flexibility index (Phi) is 4.60. The SMILES string of the molecule is COc1ccc(NC2CCC2)cc1NC(=O)OC(C)(C)C. The van der Waals surface area contributed by atoms with Gasteiger partial charge in [0.05, 0.1) is 12.8 Å². The molecule has 5 heteroatoms. The molecule has 2 rings (SSSR count). The molecule has 0 saturated heterocycles. The zero-order chi connectivity index (χ0) is 15.5. The Labute approximate surface area is 126 Å². The Hall–Kier alpha value is -1.91. The topological polar surface area (TPSA) is 59.6 Å². The first kappa shape index (κ1) is 15.5. The monoisotopic (exact) mass is 292 g/mol. The van der Waals surface area contributed by atoms with E-state index in [9.17, 15) is 4.79 Å². The summed E-state index contributed by atoms with van der Waals surface area (Å²) in [7, 11) is 1.58. The van der Waals surface area contributed by atoms with Gasteiger partial charge in [0.25, 0.3) is 0 Å². The summed E-state index contributed by atoms with van der Waals surface area (Å²) in [5.74, 6) is 0.611. The third-order valence-electron chi connectivity index (χ3n) is 3.31. The van der Waals surface area contributed by atoms with E-state index in [0.717, 1.165) is 5.69 Å². The van der Waals surface area contributed by atoms with Crippen LogP contribution in [0.4, 0.5) is 16.2 Å². The van der Waals surface area contributed by atoms with Crippen molar-refractivity contribution in [2.24, 2.45) is 0 Å². The van der Waals surface area contributed by atoms with Crippen LogP contribution in [-0.2, 0) is 4.74 Å². The number of methoxy groups -OCH3 is 1. The molecule has 1 aromatic carbocycles. The largest absolute Gasteiger partial charge is 0.495 e. The maximum absolute atomic E-state index is 11.9. The van der Waals surface area contributed by atoms with E-state index in [0.29, 0.717) is 17.5 Å². The molecule has 0 unspecified atom stereocenters. The molecule has 0 heterocycles. The highest BCUT2D eigenvalue weighted by Crippen LogP contribution is 2.30. The molecule has 21 heavy (non-hydrogen) atoms. The number of anilines is 2. The fourth-order valence-corrected chi connectivity index (χ4v) is 2.10. The van der Waals surface area contributed by atoms with Gasteiger partial charge in [-0.2, -0.15) is 0 Å². The van der Waals surface area contributed by atoms with Crippen LogP contribution >= 0.6 is 0 Å². The standard InChI is InChI=1S/C16H24N2O3/c1-16(2,3)21-15(19)18-13-10-12(8-9-14(13)20-4)17-11-6-5-7-11/h8-11,17H,5-7H2,1-4H3,(H,18,19). The summed E-state index contributed by atoms with van der Waals surface area (Å²) in [5.41, 5.74) is 1.06. The normalized spacial score (nSPS) is 15.0. The Morgan fingerprint density at radius 1 is 1.29 bits per heavy atom. The Balaban J connectivity index is 2.07. The van der Waals surface area contributed by atoms with Gasteiger partial charge in [0.1, 0.15) is 11.4 Å². The Bertz CT molecular complexity index is 505. The summed E-state index contributed by atoms with van der Waals surface area (Å²) < 4.78 is 10.5. The first-order chi connectivity index (χ1) is 9.87. The molecule has 1 amide bonds. The summed E-state index contributed by atoms with van der Waals surface area (Å²) in [6.45, 7) is 5.50. The van der Waals surface area contributed by atoms with Gasteiger partial charge in [-0.1, -0.05) is 0 Å². The minimum atomic E-state index is -0.529. The number of amides is 1. The van der Waals surface area contributed by atoms with Crippen LogP contribution < -0.4 is 15.4 Å². The van der Waals surface area contributed by atoms with Gasteiger partial charge in [0, 0.05) is 11.7 Å². The van der Waals surface area contributed by atoms with Crippen LogP contribution in [0.2, 0.25) is 0 Å². The number of ether oxygens (including phenoxy) is 2. The number of rotatable bonds is 4. The average molecular weight is 292 g/mol. The Morgan fingerprint density at radius 2 is 2.00 bits per heavy atom. The van der Waals surface area contributed by atoms with Crippen LogP contribution in [0.25, 0.3) is 0 Å². The van der Waals surface area contributed by atoms with E-state index >= 15 is 0 Å². The van der Waals surface area contributed by atoms with Crippen molar-refractivity contribution in [2.75, 3.05) is 17.7 Å². The van der Waals surface area contributed by atoms with Gasteiger partial charge in [0.2, 0.25) is 0 Å². The number of benzene rings is 1. The number of carbonyl (C=O) groups excluding carboxylic acids is 1. The van der Waals surface area contributed by atoms with Gasteiger partial charge in [-0.05, 0) is 58.2 Å². The predicted octanol–water partition coefficient (Wildman–Crippen LogP) is 4.01. The van der Waals surface area contributed by atoms with E-state index in [-0.39, 0.29) is 0 Å². The molecule has 2 N–H and O–H groups in total. The fourth-order valence-electron chi connectivity index (χ4n) is 2.10. The van der Waals surface area contributed by atoms with E-state index in [1.807, 2.05) is 39.0 Å². The van der Waals surface area contributed by atoms with Crippen LogP contribution in [-0.4, -0.2) is 24.8 Å². The zero-order valence-corrected chi connectivity index (χ0v) is 13.2. The van der Waals surface area contributed by atoms with Crippen LogP contribution in [0.3, 0.4) is 0 Å². The molecule has 0 bridgehead atoms. The van der Waals surface area contributed by atoms with E-state index in [1.54, 1.807) is 7.11 Å². The van der Waals surface area contributed by atoms with E-state index in [2.05, 4.69) is 10.6 Å². The summed E-state index contributed by atoms with van der Waals surface area (Å²) in [5, 5.41) is 6.19. The Morgan fingerprint density at radius 3 is 2.52 bits per heavy atom. The van der Waals surface area contributed by atoms with Crippen molar-refractivity contribution in [1.29, 1.82) is 0 Å². The lowest BCUT2D eigenvalue weighted by atomic mass is 9.93. The summed E-state index contributed by atoms with van der Waals surface area (Å²) in [6.07, 6.45) is 3.18. The van der Waals surface area contributed by atoms with E-state index in [1.165, 1.54) is 19.3 Å². The van der Waals surface area contributed by atoms with Gasteiger partial charge < -0.3 is 14.8 Å². The number of hydrogen-bond donors (Lipinski definition) is 2. The van der Waals surface area contributed by atoms with Crippen LogP contribution in [0.15, 0.2) is 18.2 Å². The van der Waals surface area contributed by atoms with Crippen molar-refractivity contribution in [3.63, 3.8) is 0 Å². The van der Waals surface area contributed by atoms with Gasteiger partial charge >= 0.3 is 6.09 Å². The van der Waals surface area contributed by atoms with Gasteiger partial charge in [-0.15, -0.1) is 0 Å². The molecule has 0 atom stereocenters. The highest BCUT2D eigenvalue weighted by Gasteiger charge is 2.19. The van der Waals surface area contributed by atoms with Gasteiger partial charge in [0.15, 0.2) is 0 Å². The molecular weight excluding hydrogens is 268 g/mol. The molecule has 1 fully saturated rings. The van der Waals surface area contributed by atoms with Crippen molar-refractivity contribution in [3.05, 3.63) is 18.2 Å². The molecule has 5 nitrogen and oxygen atoms in total. The number of nitrogens with one attached hydrogen (secondary N) is 2. The molecule has 1 saturated carbocycles. The summed E-state index contributed by atoms with van der Waals surface area (Å²) >= 11 is 0. The molecule has 0 aliphatic heterocycles. The smallest absolute Gasteiger partial charge is 0.412 e. The van der Waals surface area contributed by atoms with Gasteiger partial charge in [-0.25, -0.2) is 4.79 Å². The first-order valence-corrected chi connectivity index (χ1v) is 7.32. The molecule has 0 aromatic heterocycles. The minimum Gasteiger partial charge on any atom is -0.495 e. The van der Waals surface area contributed by atoms with Crippen molar-refractivity contribution in [1.82, 2.24) is 0 Å². The quantitative estimate of drug-likeness (QED) is 0.880. The molecule has 0 radical (unpaired) electrons. The lowest BCUT2D eigenvalue weighted by Gasteiger charge is -2.28. The lowest BCUT2D eigenvalue weighted by molar-refractivity contribution is 0.0635. The molecule has 1 aliphatic carbocycles. The second-order valence-corrected chi connectivity index (χ2v) is 6.31. The summed E-state index contributed by atoms with van der Waals surface area (Å²) in [6, 6.07) is 6.21. The van der Waals surface area contributed by atoms with Crippen molar-refractivity contribution < 1.29 is 14.3 Å². The summed E-state index contributed by atoms with van der Waals surface area (Å²) in [4.78, 5) is 11.9. The third-order valence-corrected chi connectivity index (χ3v) is 3.31. The van der Waals surface area contributed by atoms with Crippen LogP contribution in [0.5, 0.6) is 5.75 Å². The predicted molar refractivity (Wildman–Crippen MR) is 84.1 cm³/mol. The second kappa shape index (κ2) is 6.24. The first-order valence-electron chi connectivity index (χ1n) is 7.32. The van der Waals surface area contributed by atoms with Crippen LogP contribution in [0.1, 0.15) is 40.0 Å². The molecular formula is C16H24N2O3. The second-order valence-electron chi connectivity index (χ2n) is 6.31. The van der Waals surface area contributed by atoms with Crippen molar-refractivity contribution in [3.8, 4) is 5.75 Å².